The van der Waals surface area contributed by atoms with E-state index in [-0.39, 0.29) is 29.7 Å². The molecule has 2 rings (SSSR count). The van der Waals surface area contributed by atoms with Crippen molar-refractivity contribution < 1.29 is 18.0 Å². The zero-order valence-corrected chi connectivity index (χ0v) is 27.4. The van der Waals surface area contributed by atoms with E-state index in [9.17, 15) is 18.0 Å². The quantitative estimate of drug-likeness (QED) is 0.0916. The second kappa shape index (κ2) is 20.7. The number of benzene rings is 2. The molecular weight excluding hydrogens is 558 g/mol. The molecule has 0 aliphatic heterocycles. The average molecular weight is 612 g/mol. The third kappa shape index (κ3) is 15.2. The van der Waals surface area contributed by atoms with Gasteiger partial charge < -0.3 is 10.6 Å². The monoisotopic (exact) mass is 611 g/mol. The second-order valence-electron chi connectivity index (χ2n) is 11.4. The van der Waals surface area contributed by atoms with Crippen LogP contribution < -0.4 is 15.4 Å². The lowest BCUT2D eigenvalue weighted by molar-refractivity contribution is -0.121. The van der Waals surface area contributed by atoms with Gasteiger partial charge in [0.1, 0.15) is 0 Å². The number of carbonyl (C=O) groups excluding carboxylic acids is 2. The average Bonchev–Trinajstić information content (AvgIpc) is 2.97. The predicted molar refractivity (Wildman–Crippen MR) is 179 cm³/mol. The first-order valence-electron chi connectivity index (χ1n) is 16.1. The van der Waals surface area contributed by atoms with Gasteiger partial charge in [0.25, 0.3) is 10.0 Å². The van der Waals surface area contributed by atoms with Crippen molar-refractivity contribution in [1.82, 2.24) is 5.32 Å². The first-order valence-corrected chi connectivity index (χ1v) is 17.6. The molecule has 43 heavy (non-hydrogen) atoms. The summed E-state index contributed by atoms with van der Waals surface area (Å²) in [7, 11) is -3.83. The Morgan fingerprint density at radius 2 is 1.37 bits per heavy atom. The Hall–Kier alpha value is -3.13. The molecule has 7 nitrogen and oxygen atoms in total. The Balaban J connectivity index is 1.56. The lowest BCUT2D eigenvalue weighted by Crippen LogP contribution is -2.27. The number of allylic oxidation sites excluding steroid dienone is 2. The van der Waals surface area contributed by atoms with E-state index in [0.717, 1.165) is 36.8 Å². The first-order chi connectivity index (χ1) is 20.7. The van der Waals surface area contributed by atoms with Gasteiger partial charge in [0, 0.05) is 25.1 Å². The van der Waals surface area contributed by atoms with Gasteiger partial charge in [-0.25, -0.2) is 8.42 Å². The molecule has 2 aromatic rings. The summed E-state index contributed by atoms with van der Waals surface area (Å²) in [5, 5.41) is 5.53. The van der Waals surface area contributed by atoms with Crippen molar-refractivity contribution in [2.24, 2.45) is 0 Å². The summed E-state index contributed by atoms with van der Waals surface area (Å²) in [6, 6.07) is 11.6. The molecule has 2 amide bonds. The van der Waals surface area contributed by atoms with Crippen LogP contribution in [0.1, 0.15) is 114 Å². The number of amides is 2. The fraction of sp³-hybridized carbons (Fsp3) is 0.543. The smallest absolute Gasteiger partial charge is 0.261 e. The highest BCUT2D eigenvalue weighted by Crippen LogP contribution is 2.23. The van der Waals surface area contributed by atoms with Crippen LogP contribution >= 0.6 is 0 Å². The zero-order chi connectivity index (χ0) is 31.3. The van der Waals surface area contributed by atoms with Crippen molar-refractivity contribution >= 4 is 33.2 Å². The lowest BCUT2D eigenvalue weighted by Gasteiger charge is -2.13. The van der Waals surface area contributed by atoms with Crippen LogP contribution in [0.5, 0.6) is 0 Å². The SMILES string of the molecule is CCCCCCCC/C=C\CCCCCCCC(=O)NCCC(=O)Nc1cccc(S(=O)(=O)Nc2cccc(C)c2C)c1. The molecule has 0 heterocycles. The summed E-state index contributed by atoms with van der Waals surface area (Å²) in [4.78, 5) is 24.6. The number of anilines is 2. The number of nitrogens with one attached hydrogen (secondary N) is 3. The van der Waals surface area contributed by atoms with Gasteiger partial charge >= 0.3 is 0 Å². The van der Waals surface area contributed by atoms with Crippen LogP contribution in [0.3, 0.4) is 0 Å². The molecule has 8 heteroatoms. The maximum absolute atomic E-state index is 12.9. The van der Waals surface area contributed by atoms with E-state index >= 15 is 0 Å². The molecule has 0 aliphatic rings. The number of carbonyl (C=O) groups is 2. The molecule has 0 spiro atoms. The predicted octanol–water partition coefficient (Wildman–Crippen LogP) is 8.59. The Labute approximate surface area is 260 Å². The molecule has 0 aromatic heterocycles. The molecule has 0 saturated heterocycles. The molecule has 0 bridgehead atoms. The van der Waals surface area contributed by atoms with Crippen molar-refractivity contribution in [3.8, 4) is 0 Å². The van der Waals surface area contributed by atoms with Crippen molar-refractivity contribution in [2.75, 3.05) is 16.6 Å². The largest absolute Gasteiger partial charge is 0.356 e. The Kier molecular flexibility index (Phi) is 17.4. The van der Waals surface area contributed by atoms with Crippen LogP contribution in [0.25, 0.3) is 0 Å². The van der Waals surface area contributed by atoms with Crippen LogP contribution in [0.4, 0.5) is 11.4 Å². The molecule has 0 atom stereocenters. The molecule has 0 radical (unpaired) electrons. The highest BCUT2D eigenvalue weighted by atomic mass is 32.2. The molecule has 0 saturated carbocycles. The fourth-order valence-electron chi connectivity index (χ4n) is 4.79. The van der Waals surface area contributed by atoms with Crippen LogP contribution in [0.2, 0.25) is 0 Å². The summed E-state index contributed by atoms with van der Waals surface area (Å²) in [6.07, 6.45) is 21.0. The van der Waals surface area contributed by atoms with Crippen LogP contribution in [0, 0.1) is 13.8 Å². The van der Waals surface area contributed by atoms with Gasteiger partial charge in [-0.1, -0.05) is 88.6 Å². The topological polar surface area (TPSA) is 104 Å². The summed E-state index contributed by atoms with van der Waals surface area (Å²) >= 11 is 0. The first kappa shape index (κ1) is 36.1. The normalized spacial score (nSPS) is 11.5. The molecule has 2 aromatic carbocycles. The number of aryl methyl sites for hydroxylation is 1. The van der Waals surface area contributed by atoms with E-state index in [2.05, 4.69) is 34.4 Å². The Morgan fingerprint density at radius 1 is 0.744 bits per heavy atom. The van der Waals surface area contributed by atoms with Crippen LogP contribution in [-0.2, 0) is 19.6 Å². The van der Waals surface area contributed by atoms with Gasteiger partial charge in [0.15, 0.2) is 0 Å². The summed E-state index contributed by atoms with van der Waals surface area (Å²) in [5.41, 5.74) is 2.75. The highest BCUT2D eigenvalue weighted by molar-refractivity contribution is 7.92. The van der Waals surface area contributed by atoms with Gasteiger partial charge in [-0.05, 0) is 81.3 Å². The van der Waals surface area contributed by atoms with Crippen molar-refractivity contribution in [3.05, 3.63) is 65.7 Å². The zero-order valence-electron chi connectivity index (χ0n) is 26.6. The summed E-state index contributed by atoms with van der Waals surface area (Å²) in [6.45, 7) is 6.27. The fourth-order valence-corrected chi connectivity index (χ4v) is 5.96. The number of rotatable bonds is 22. The van der Waals surface area contributed by atoms with Crippen molar-refractivity contribution in [2.45, 2.75) is 122 Å². The molecule has 3 N–H and O–H groups in total. The standard InChI is InChI=1S/C35H53N3O4S/c1-4-5-6-7-8-9-10-11-12-13-14-15-16-17-18-25-34(39)36-27-26-35(40)37-31-22-20-23-32(28-31)43(41,42)38-33-24-19-21-29(2)30(33)3/h11-12,19-24,28,38H,4-10,13-18,25-27H2,1-3H3,(H,36,39)(H,37,40)/b12-11-. The number of unbranched alkanes of at least 4 members (excludes halogenated alkanes) is 11. The van der Waals surface area contributed by atoms with E-state index in [4.69, 9.17) is 0 Å². The third-order valence-corrected chi connectivity index (χ3v) is 8.98. The van der Waals surface area contributed by atoms with Crippen LogP contribution in [-0.4, -0.2) is 26.8 Å². The summed E-state index contributed by atoms with van der Waals surface area (Å²) < 4.78 is 28.5. The minimum absolute atomic E-state index is 0.0453. The van der Waals surface area contributed by atoms with E-state index in [1.165, 1.54) is 69.9 Å². The van der Waals surface area contributed by atoms with Gasteiger partial charge in [-0.3, -0.25) is 14.3 Å². The van der Waals surface area contributed by atoms with Crippen molar-refractivity contribution in [3.63, 3.8) is 0 Å². The number of hydrogen-bond donors (Lipinski definition) is 3. The summed E-state index contributed by atoms with van der Waals surface area (Å²) in [5.74, 6) is -0.339. The van der Waals surface area contributed by atoms with E-state index in [1.54, 1.807) is 24.3 Å². The molecular formula is C35H53N3O4S. The van der Waals surface area contributed by atoms with Crippen LogP contribution in [0.15, 0.2) is 59.5 Å². The van der Waals surface area contributed by atoms with Crippen molar-refractivity contribution in [1.29, 1.82) is 0 Å². The number of sulfonamides is 1. The van der Waals surface area contributed by atoms with E-state index in [0.29, 0.717) is 17.8 Å². The maximum atomic E-state index is 12.9. The molecule has 238 valence electrons. The maximum Gasteiger partial charge on any atom is 0.261 e. The lowest BCUT2D eigenvalue weighted by atomic mass is 10.1. The number of hydrogen-bond acceptors (Lipinski definition) is 4. The van der Waals surface area contributed by atoms with E-state index in [1.807, 2.05) is 19.9 Å². The van der Waals surface area contributed by atoms with Gasteiger partial charge in [-0.15, -0.1) is 0 Å². The van der Waals surface area contributed by atoms with Gasteiger partial charge in [0.05, 0.1) is 10.6 Å². The molecule has 0 unspecified atom stereocenters. The molecule has 0 aliphatic carbocycles. The highest BCUT2D eigenvalue weighted by Gasteiger charge is 2.17. The Bertz CT molecular complexity index is 1260. The second-order valence-corrected chi connectivity index (χ2v) is 13.0. The Morgan fingerprint density at radius 3 is 2.07 bits per heavy atom. The molecule has 0 fully saturated rings. The van der Waals surface area contributed by atoms with Gasteiger partial charge in [-0.2, -0.15) is 0 Å². The third-order valence-electron chi connectivity index (χ3n) is 7.62. The van der Waals surface area contributed by atoms with Gasteiger partial charge in [0.2, 0.25) is 11.8 Å². The minimum Gasteiger partial charge on any atom is -0.356 e. The minimum atomic E-state index is -3.83. The van der Waals surface area contributed by atoms with E-state index < -0.39 is 10.0 Å².